The summed E-state index contributed by atoms with van der Waals surface area (Å²) in [6.07, 6.45) is 0.351. The van der Waals surface area contributed by atoms with Crippen LogP contribution in [0.25, 0.3) is 11.0 Å². The molecule has 0 aliphatic heterocycles. The zero-order valence-electron chi connectivity index (χ0n) is 17.2. The minimum atomic E-state index is -1.13. The molecule has 30 heavy (non-hydrogen) atoms. The van der Waals surface area contributed by atoms with Crippen molar-refractivity contribution in [1.82, 2.24) is 10.6 Å². The Morgan fingerprint density at radius 1 is 1.17 bits per heavy atom. The van der Waals surface area contributed by atoms with Crippen molar-refractivity contribution in [1.29, 1.82) is 0 Å². The summed E-state index contributed by atoms with van der Waals surface area (Å²) in [5, 5.41) is 24.1. The van der Waals surface area contributed by atoms with Gasteiger partial charge < -0.3 is 25.3 Å². The Morgan fingerprint density at radius 3 is 2.50 bits per heavy atom. The normalized spacial score (nSPS) is 12.0. The first-order valence-electron chi connectivity index (χ1n) is 9.62. The van der Waals surface area contributed by atoms with E-state index in [1.165, 1.54) is 12.1 Å². The van der Waals surface area contributed by atoms with Crippen molar-refractivity contribution in [2.45, 2.75) is 46.1 Å². The first-order chi connectivity index (χ1) is 14.1. The molecule has 0 aliphatic rings. The van der Waals surface area contributed by atoms with E-state index in [2.05, 4.69) is 10.6 Å². The monoisotopic (exact) mass is 418 g/mol. The van der Waals surface area contributed by atoms with Gasteiger partial charge in [0, 0.05) is 23.4 Å². The highest BCUT2D eigenvalue weighted by molar-refractivity contribution is 5.88. The van der Waals surface area contributed by atoms with Crippen molar-refractivity contribution in [2.24, 2.45) is 5.92 Å². The number of nitrogens with one attached hydrogen (secondary N) is 2. The summed E-state index contributed by atoms with van der Waals surface area (Å²) in [5.41, 5.74) is 0.673. The maximum absolute atomic E-state index is 12.2. The molecular weight excluding hydrogens is 392 g/mol. The van der Waals surface area contributed by atoms with Crippen molar-refractivity contribution in [2.75, 3.05) is 6.54 Å². The predicted octanol–water partition coefficient (Wildman–Crippen LogP) is 1.47. The van der Waals surface area contributed by atoms with E-state index in [1.807, 2.05) is 13.8 Å². The average molecular weight is 418 g/mol. The number of aliphatic carboxylic acids is 1. The van der Waals surface area contributed by atoms with Crippen LogP contribution in [0.3, 0.4) is 0 Å². The highest BCUT2D eigenvalue weighted by Crippen LogP contribution is 2.23. The Labute approximate surface area is 173 Å². The van der Waals surface area contributed by atoms with Crippen LogP contribution in [0.4, 0.5) is 0 Å². The Hall–Kier alpha value is -3.36. The van der Waals surface area contributed by atoms with Gasteiger partial charge in [-0.2, -0.15) is 0 Å². The van der Waals surface area contributed by atoms with E-state index < -0.39 is 29.5 Å². The minimum Gasteiger partial charge on any atom is -0.508 e. The molecule has 162 valence electrons. The number of phenolic OH excluding ortho intramolecular Hbond substituents is 1. The van der Waals surface area contributed by atoms with E-state index in [1.54, 1.807) is 13.0 Å². The third-order valence-corrected chi connectivity index (χ3v) is 4.66. The molecule has 9 nitrogen and oxygen atoms in total. The van der Waals surface area contributed by atoms with Crippen molar-refractivity contribution in [3.8, 4) is 5.75 Å². The molecule has 0 spiro atoms. The van der Waals surface area contributed by atoms with Crippen LogP contribution in [0.1, 0.15) is 37.8 Å². The number of carbonyl (C=O) groups excluding carboxylic acids is 2. The lowest BCUT2D eigenvalue weighted by molar-refractivity contribution is -0.142. The standard InChI is InChI=1S/C21H26N2O7/c1-11(2)8-16(20(27)28)23-19(26)10-22-18(25)7-6-15-12(3)14-5-4-13(24)9-17(14)30-21(15)29/h4-5,9,11,16,24H,6-8,10H2,1-3H3,(H,22,25)(H,23,26)(H,27,28). The van der Waals surface area contributed by atoms with Gasteiger partial charge in [-0.05, 0) is 43.4 Å². The molecule has 1 atom stereocenters. The third-order valence-electron chi connectivity index (χ3n) is 4.66. The maximum atomic E-state index is 12.2. The van der Waals surface area contributed by atoms with Gasteiger partial charge in [0.25, 0.3) is 0 Å². The largest absolute Gasteiger partial charge is 0.508 e. The number of aromatic hydroxyl groups is 1. The van der Waals surface area contributed by atoms with Gasteiger partial charge in [0.2, 0.25) is 11.8 Å². The van der Waals surface area contributed by atoms with E-state index in [0.717, 1.165) is 0 Å². The van der Waals surface area contributed by atoms with Crippen molar-refractivity contribution >= 4 is 28.8 Å². The fourth-order valence-electron chi connectivity index (χ4n) is 3.12. The smallest absolute Gasteiger partial charge is 0.339 e. The van der Waals surface area contributed by atoms with E-state index in [0.29, 0.717) is 16.5 Å². The molecule has 0 radical (unpaired) electrons. The molecule has 0 bridgehead atoms. The van der Waals surface area contributed by atoms with Gasteiger partial charge in [-0.3, -0.25) is 9.59 Å². The van der Waals surface area contributed by atoms with E-state index in [9.17, 15) is 24.3 Å². The van der Waals surface area contributed by atoms with Gasteiger partial charge in [0.05, 0.1) is 6.54 Å². The fourth-order valence-corrected chi connectivity index (χ4v) is 3.12. The molecule has 1 aromatic carbocycles. The second-order valence-electron chi connectivity index (χ2n) is 7.54. The maximum Gasteiger partial charge on any atom is 0.339 e. The molecule has 0 aliphatic carbocycles. The zero-order chi connectivity index (χ0) is 22.4. The highest BCUT2D eigenvalue weighted by atomic mass is 16.4. The number of aryl methyl sites for hydroxylation is 1. The Balaban J connectivity index is 1.93. The van der Waals surface area contributed by atoms with Gasteiger partial charge in [0.15, 0.2) is 0 Å². The number of rotatable bonds is 9. The van der Waals surface area contributed by atoms with E-state index in [4.69, 9.17) is 9.52 Å². The Morgan fingerprint density at radius 2 is 1.87 bits per heavy atom. The second kappa shape index (κ2) is 9.91. The van der Waals surface area contributed by atoms with Crippen LogP contribution >= 0.6 is 0 Å². The lowest BCUT2D eigenvalue weighted by Crippen LogP contribution is -2.46. The third kappa shape index (κ3) is 6.07. The molecule has 2 aromatic rings. The van der Waals surface area contributed by atoms with Crippen LogP contribution in [0, 0.1) is 12.8 Å². The molecule has 9 heteroatoms. The Kier molecular flexibility index (Phi) is 7.57. The average Bonchev–Trinajstić information content (AvgIpc) is 2.64. The van der Waals surface area contributed by atoms with Gasteiger partial charge in [-0.25, -0.2) is 9.59 Å². The van der Waals surface area contributed by atoms with Gasteiger partial charge in [0.1, 0.15) is 17.4 Å². The first kappa shape index (κ1) is 22.9. The summed E-state index contributed by atoms with van der Waals surface area (Å²) in [7, 11) is 0. The van der Waals surface area contributed by atoms with E-state index in [-0.39, 0.29) is 43.1 Å². The number of hydrogen-bond donors (Lipinski definition) is 4. The first-order valence-corrected chi connectivity index (χ1v) is 9.62. The molecule has 2 rings (SSSR count). The second-order valence-corrected chi connectivity index (χ2v) is 7.54. The topological polar surface area (TPSA) is 146 Å². The van der Waals surface area contributed by atoms with Crippen molar-refractivity contribution in [3.63, 3.8) is 0 Å². The highest BCUT2D eigenvalue weighted by Gasteiger charge is 2.21. The number of fused-ring (bicyclic) bond motifs is 1. The molecule has 0 saturated heterocycles. The number of carbonyl (C=O) groups is 3. The number of hydrogen-bond acceptors (Lipinski definition) is 6. The van der Waals surface area contributed by atoms with Crippen molar-refractivity contribution in [3.05, 3.63) is 39.7 Å². The van der Waals surface area contributed by atoms with Crippen LogP contribution in [0.5, 0.6) is 5.75 Å². The summed E-state index contributed by atoms with van der Waals surface area (Å²) in [6.45, 7) is 5.07. The number of benzene rings is 1. The lowest BCUT2D eigenvalue weighted by Gasteiger charge is -2.16. The molecular formula is C21H26N2O7. The molecule has 0 saturated carbocycles. The summed E-state index contributed by atoms with van der Waals surface area (Å²) in [4.78, 5) is 47.4. The molecule has 2 amide bonds. The minimum absolute atomic E-state index is 0.0195. The molecule has 1 unspecified atom stereocenters. The molecule has 0 fully saturated rings. The summed E-state index contributed by atoms with van der Waals surface area (Å²) < 4.78 is 5.22. The number of carboxylic acid groups (broad SMARTS) is 1. The van der Waals surface area contributed by atoms with Crippen LogP contribution < -0.4 is 16.3 Å². The number of carboxylic acids is 1. The number of phenols is 1. The van der Waals surface area contributed by atoms with Gasteiger partial charge in [-0.15, -0.1) is 0 Å². The predicted molar refractivity (Wildman–Crippen MR) is 109 cm³/mol. The van der Waals surface area contributed by atoms with Gasteiger partial charge in [-0.1, -0.05) is 13.8 Å². The fraction of sp³-hybridized carbons (Fsp3) is 0.429. The molecule has 4 N–H and O–H groups in total. The van der Waals surface area contributed by atoms with Crippen LogP contribution in [0.15, 0.2) is 27.4 Å². The van der Waals surface area contributed by atoms with Crippen molar-refractivity contribution < 1.29 is 29.0 Å². The SMILES string of the molecule is Cc1c(CCC(=O)NCC(=O)NC(CC(C)C)C(=O)O)c(=O)oc2cc(O)ccc12. The Bertz CT molecular complexity index is 1010. The van der Waals surface area contributed by atoms with Crippen LogP contribution in [-0.4, -0.2) is 40.6 Å². The molecule has 1 heterocycles. The van der Waals surface area contributed by atoms with Gasteiger partial charge >= 0.3 is 11.6 Å². The van der Waals surface area contributed by atoms with Crippen LogP contribution in [0.2, 0.25) is 0 Å². The lowest BCUT2D eigenvalue weighted by atomic mass is 10.0. The number of amides is 2. The zero-order valence-corrected chi connectivity index (χ0v) is 17.2. The summed E-state index contributed by atoms with van der Waals surface area (Å²) in [6, 6.07) is 3.45. The van der Waals surface area contributed by atoms with E-state index >= 15 is 0 Å². The summed E-state index contributed by atoms with van der Waals surface area (Å²) >= 11 is 0. The molecule has 1 aromatic heterocycles. The quantitative estimate of drug-likeness (QED) is 0.451. The van der Waals surface area contributed by atoms with Crippen LogP contribution in [-0.2, 0) is 20.8 Å². The summed E-state index contributed by atoms with van der Waals surface area (Å²) in [5.74, 6) is -2.12.